The Morgan fingerprint density at radius 1 is 1.30 bits per heavy atom. The average molecular weight is 296 g/mol. The fraction of sp³-hybridized carbons (Fsp3) is 0.647. The smallest absolute Gasteiger partial charge is 0.140 e. The van der Waals surface area contributed by atoms with Crippen molar-refractivity contribution < 1.29 is 4.74 Å². The summed E-state index contributed by atoms with van der Waals surface area (Å²) in [6.07, 6.45) is 4.83. The summed E-state index contributed by atoms with van der Waals surface area (Å²) in [5.41, 5.74) is 2.60. The zero-order valence-electron chi connectivity index (χ0n) is 13.1. The van der Waals surface area contributed by atoms with Crippen LogP contribution < -0.4 is 10.1 Å². The summed E-state index contributed by atoms with van der Waals surface area (Å²) in [5, 5.41) is 4.33. The van der Waals surface area contributed by atoms with Crippen LogP contribution in [0.3, 0.4) is 0 Å². The molecule has 20 heavy (non-hydrogen) atoms. The quantitative estimate of drug-likeness (QED) is 0.896. The van der Waals surface area contributed by atoms with Crippen LogP contribution >= 0.6 is 11.6 Å². The SMILES string of the molecule is COc1c(Cl)cc(C(C)(C)C)cc1CC1CCCCN1. The van der Waals surface area contributed by atoms with Gasteiger partial charge in [0.15, 0.2) is 0 Å². The van der Waals surface area contributed by atoms with Crippen molar-refractivity contribution in [3.8, 4) is 5.75 Å². The Bertz CT molecular complexity index is 459. The molecule has 0 bridgehead atoms. The average Bonchev–Trinajstić information content (AvgIpc) is 2.38. The van der Waals surface area contributed by atoms with Gasteiger partial charge in [-0.25, -0.2) is 0 Å². The minimum absolute atomic E-state index is 0.102. The topological polar surface area (TPSA) is 21.3 Å². The molecule has 0 spiro atoms. The number of hydrogen-bond donors (Lipinski definition) is 1. The van der Waals surface area contributed by atoms with E-state index in [1.807, 2.05) is 6.07 Å². The zero-order valence-corrected chi connectivity index (χ0v) is 13.8. The van der Waals surface area contributed by atoms with Crippen LogP contribution in [0.2, 0.25) is 5.02 Å². The minimum atomic E-state index is 0.102. The minimum Gasteiger partial charge on any atom is -0.495 e. The van der Waals surface area contributed by atoms with Crippen LogP contribution in [-0.2, 0) is 11.8 Å². The summed E-state index contributed by atoms with van der Waals surface area (Å²) in [5.74, 6) is 0.840. The van der Waals surface area contributed by atoms with E-state index in [1.54, 1.807) is 7.11 Å². The molecule has 1 aromatic rings. The fourth-order valence-corrected chi connectivity index (χ4v) is 3.14. The molecule has 1 aromatic carbocycles. The maximum Gasteiger partial charge on any atom is 0.140 e. The predicted octanol–water partition coefficient (Wildman–Crippen LogP) is 4.33. The van der Waals surface area contributed by atoms with E-state index in [1.165, 1.54) is 30.4 Å². The summed E-state index contributed by atoms with van der Waals surface area (Å²) >= 11 is 6.41. The second-order valence-corrected chi connectivity index (χ2v) is 7.16. The van der Waals surface area contributed by atoms with Gasteiger partial charge in [-0.05, 0) is 48.4 Å². The van der Waals surface area contributed by atoms with Crippen molar-refractivity contribution in [3.05, 3.63) is 28.3 Å². The maximum absolute atomic E-state index is 6.41. The maximum atomic E-state index is 6.41. The van der Waals surface area contributed by atoms with Gasteiger partial charge in [-0.2, -0.15) is 0 Å². The number of nitrogens with one attached hydrogen (secondary N) is 1. The molecule has 1 atom stereocenters. The number of hydrogen-bond acceptors (Lipinski definition) is 2. The van der Waals surface area contributed by atoms with E-state index < -0.39 is 0 Å². The highest BCUT2D eigenvalue weighted by Gasteiger charge is 2.21. The second kappa shape index (κ2) is 6.36. The first kappa shape index (κ1) is 15.7. The molecule has 3 heteroatoms. The van der Waals surface area contributed by atoms with E-state index in [9.17, 15) is 0 Å². The van der Waals surface area contributed by atoms with Gasteiger partial charge < -0.3 is 10.1 Å². The number of ether oxygens (including phenoxy) is 1. The lowest BCUT2D eigenvalue weighted by molar-refractivity contribution is 0.381. The van der Waals surface area contributed by atoms with Gasteiger partial charge in [-0.1, -0.05) is 44.9 Å². The molecule has 1 unspecified atom stereocenters. The molecule has 0 radical (unpaired) electrons. The Kier molecular flexibility index (Phi) is 4.98. The van der Waals surface area contributed by atoms with Crippen molar-refractivity contribution in [2.75, 3.05) is 13.7 Å². The highest BCUT2D eigenvalue weighted by Crippen LogP contribution is 2.35. The third kappa shape index (κ3) is 3.67. The Balaban J connectivity index is 2.30. The zero-order chi connectivity index (χ0) is 14.8. The summed E-state index contributed by atoms with van der Waals surface area (Å²) in [7, 11) is 1.70. The van der Waals surface area contributed by atoms with Gasteiger partial charge in [0.05, 0.1) is 12.1 Å². The number of rotatable bonds is 3. The summed E-state index contributed by atoms with van der Waals surface area (Å²) in [4.78, 5) is 0. The molecular weight excluding hydrogens is 270 g/mol. The van der Waals surface area contributed by atoms with E-state index in [2.05, 4.69) is 32.2 Å². The first-order valence-corrected chi connectivity index (χ1v) is 7.90. The molecule has 2 rings (SSSR count). The van der Waals surface area contributed by atoms with Crippen molar-refractivity contribution in [2.45, 2.75) is 57.9 Å². The standard InChI is InChI=1S/C17H26ClNO/c1-17(2,3)13-9-12(16(20-4)15(18)11-13)10-14-7-5-6-8-19-14/h9,11,14,19H,5-8,10H2,1-4H3. The molecule has 0 saturated carbocycles. The molecule has 1 aliphatic rings. The van der Waals surface area contributed by atoms with Crippen LogP contribution in [0.25, 0.3) is 0 Å². The Labute approximate surface area is 127 Å². The highest BCUT2D eigenvalue weighted by atomic mass is 35.5. The number of halogens is 1. The largest absolute Gasteiger partial charge is 0.495 e. The number of benzene rings is 1. The summed E-state index contributed by atoms with van der Waals surface area (Å²) < 4.78 is 5.53. The normalized spacial score (nSPS) is 19.9. The predicted molar refractivity (Wildman–Crippen MR) is 86.0 cm³/mol. The van der Waals surface area contributed by atoms with Crippen LogP contribution in [0.5, 0.6) is 5.75 Å². The van der Waals surface area contributed by atoms with Crippen molar-refractivity contribution in [2.24, 2.45) is 0 Å². The Morgan fingerprint density at radius 2 is 2.05 bits per heavy atom. The number of piperidine rings is 1. The summed E-state index contributed by atoms with van der Waals surface area (Å²) in [6, 6.07) is 4.85. The molecule has 0 amide bonds. The van der Waals surface area contributed by atoms with E-state index in [4.69, 9.17) is 16.3 Å². The van der Waals surface area contributed by atoms with Crippen LogP contribution in [0, 0.1) is 0 Å². The molecule has 1 aliphatic heterocycles. The molecule has 0 aromatic heterocycles. The van der Waals surface area contributed by atoms with E-state index in [0.29, 0.717) is 6.04 Å². The van der Waals surface area contributed by atoms with Gasteiger partial charge in [0.25, 0.3) is 0 Å². The van der Waals surface area contributed by atoms with Crippen molar-refractivity contribution in [3.63, 3.8) is 0 Å². The first-order valence-electron chi connectivity index (χ1n) is 7.52. The van der Waals surface area contributed by atoms with Crippen LogP contribution in [0.15, 0.2) is 12.1 Å². The first-order chi connectivity index (χ1) is 9.41. The lowest BCUT2D eigenvalue weighted by Gasteiger charge is -2.26. The lowest BCUT2D eigenvalue weighted by atomic mass is 9.85. The lowest BCUT2D eigenvalue weighted by Crippen LogP contribution is -2.35. The van der Waals surface area contributed by atoms with Crippen molar-refractivity contribution >= 4 is 11.6 Å². The molecule has 0 aliphatic carbocycles. The molecule has 112 valence electrons. The molecule has 1 heterocycles. The fourth-order valence-electron chi connectivity index (χ4n) is 2.83. The molecule has 1 N–H and O–H groups in total. The highest BCUT2D eigenvalue weighted by molar-refractivity contribution is 6.32. The van der Waals surface area contributed by atoms with Gasteiger partial charge in [-0.3, -0.25) is 0 Å². The van der Waals surface area contributed by atoms with Gasteiger partial charge >= 0.3 is 0 Å². The molecule has 1 fully saturated rings. The van der Waals surface area contributed by atoms with E-state index >= 15 is 0 Å². The molecular formula is C17H26ClNO. The van der Waals surface area contributed by atoms with E-state index in [-0.39, 0.29) is 5.41 Å². The van der Waals surface area contributed by atoms with Crippen LogP contribution in [0.1, 0.15) is 51.2 Å². The van der Waals surface area contributed by atoms with Gasteiger partial charge in [0.2, 0.25) is 0 Å². The summed E-state index contributed by atoms with van der Waals surface area (Å²) in [6.45, 7) is 7.77. The van der Waals surface area contributed by atoms with Crippen molar-refractivity contribution in [1.29, 1.82) is 0 Å². The van der Waals surface area contributed by atoms with Crippen molar-refractivity contribution in [1.82, 2.24) is 5.32 Å². The van der Waals surface area contributed by atoms with Gasteiger partial charge in [0, 0.05) is 6.04 Å². The van der Waals surface area contributed by atoms with Gasteiger partial charge in [0.1, 0.15) is 5.75 Å². The number of methoxy groups -OCH3 is 1. The second-order valence-electron chi connectivity index (χ2n) is 6.75. The van der Waals surface area contributed by atoms with Gasteiger partial charge in [-0.15, -0.1) is 0 Å². The Morgan fingerprint density at radius 3 is 2.60 bits per heavy atom. The monoisotopic (exact) mass is 295 g/mol. The molecule has 1 saturated heterocycles. The Hall–Kier alpha value is -0.730. The third-order valence-electron chi connectivity index (χ3n) is 4.07. The molecule has 2 nitrogen and oxygen atoms in total. The van der Waals surface area contributed by atoms with Crippen LogP contribution in [-0.4, -0.2) is 19.7 Å². The van der Waals surface area contributed by atoms with E-state index in [0.717, 1.165) is 23.7 Å². The third-order valence-corrected chi connectivity index (χ3v) is 4.35. The van der Waals surface area contributed by atoms with Crippen LogP contribution in [0.4, 0.5) is 0 Å².